The van der Waals surface area contributed by atoms with E-state index >= 15 is 0 Å². The highest BCUT2D eigenvalue weighted by atomic mass is 32.2. The van der Waals surface area contributed by atoms with E-state index in [2.05, 4.69) is 0 Å². The number of Topliss-reactive ketones (excluding diaryl/α,β-unsaturated/α-hetero) is 2. The molecule has 2 aromatic rings. The normalized spacial score (nSPS) is 9.44. The number of hydrogen-bond donors (Lipinski definition) is 2. The molecule has 0 radical (unpaired) electrons. The first-order chi connectivity index (χ1) is 11.9. The van der Waals surface area contributed by atoms with Gasteiger partial charge in [0.15, 0.2) is 0 Å². The van der Waals surface area contributed by atoms with Crippen molar-refractivity contribution in [3.8, 4) is 0 Å². The van der Waals surface area contributed by atoms with Gasteiger partial charge in [-0.3, -0.25) is 9.59 Å². The zero-order valence-electron chi connectivity index (χ0n) is 13.1. The molecule has 2 aromatic carbocycles. The molecule has 0 bridgehead atoms. The number of carbonyl (C=O) groups is 4. The molecule has 0 amide bonds. The third-order valence-corrected chi connectivity index (χ3v) is 3.81. The van der Waals surface area contributed by atoms with Crippen molar-refractivity contribution in [2.24, 2.45) is 0 Å². The van der Waals surface area contributed by atoms with Crippen molar-refractivity contribution >= 4 is 35.3 Å². The molecule has 0 aliphatic heterocycles. The highest BCUT2D eigenvalue weighted by molar-refractivity contribution is 8.00. The lowest BCUT2D eigenvalue weighted by Gasteiger charge is -1.96. The van der Waals surface area contributed by atoms with Crippen LogP contribution in [-0.4, -0.2) is 39.5 Å². The molecule has 7 heteroatoms. The Kier molecular flexibility index (Phi) is 8.67. The maximum atomic E-state index is 10.7. The van der Waals surface area contributed by atoms with Gasteiger partial charge in [-0.25, -0.2) is 9.59 Å². The summed E-state index contributed by atoms with van der Waals surface area (Å²) in [5.74, 6) is -4.31. The molecule has 6 nitrogen and oxygen atoms in total. The van der Waals surface area contributed by atoms with E-state index in [-0.39, 0.29) is 12.2 Å². The predicted molar refractivity (Wildman–Crippen MR) is 92.6 cm³/mol. The molecule has 0 spiro atoms. The number of aliphatic carboxylic acids is 2. The molecule has 25 heavy (non-hydrogen) atoms. The Balaban J connectivity index is 0.000000251. The van der Waals surface area contributed by atoms with Crippen molar-refractivity contribution in [3.63, 3.8) is 0 Å². The Morgan fingerprint density at radius 1 is 0.720 bits per heavy atom. The van der Waals surface area contributed by atoms with Crippen molar-refractivity contribution < 1.29 is 29.4 Å². The van der Waals surface area contributed by atoms with Crippen LogP contribution in [0, 0.1) is 0 Å². The number of carboxylic acid groups (broad SMARTS) is 2. The van der Waals surface area contributed by atoms with Crippen molar-refractivity contribution in [2.75, 3.05) is 5.75 Å². The predicted octanol–water partition coefficient (Wildman–Crippen LogP) is 2.32. The second-order valence-corrected chi connectivity index (χ2v) is 5.77. The topological polar surface area (TPSA) is 109 Å². The Morgan fingerprint density at radius 3 is 1.68 bits per heavy atom. The highest BCUT2D eigenvalue weighted by Gasteiger charge is 2.11. The Hall–Kier alpha value is -2.93. The Morgan fingerprint density at radius 2 is 1.20 bits per heavy atom. The van der Waals surface area contributed by atoms with Crippen LogP contribution in [0.2, 0.25) is 0 Å². The van der Waals surface area contributed by atoms with Gasteiger partial charge < -0.3 is 10.2 Å². The molecule has 2 N–H and O–H groups in total. The van der Waals surface area contributed by atoms with Gasteiger partial charge in [-0.05, 0) is 17.7 Å². The number of carbonyl (C=O) groups excluding carboxylic acids is 2. The average molecular weight is 360 g/mol. The molecule has 0 atom stereocenters. The summed E-state index contributed by atoms with van der Waals surface area (Å²) in [7, 11) is 0. The minimum Gasteiger partial charge on any atom is -0.475 e. The number of hydrogen-bond acceptors (Lipinski definition) is 5. The maximum Gasteiger partial charge on any atom is 0.373 e. The van der Waals surface area contributed by atoms with Gasteiger partial charge in [0, 0.05) is 11.3 Å². The summed E-state index contributed by atoms with van der Waals surface area (Å²) < 4.78 is 0. The second kappa shape index (κ2) is 10.8. The van der Waals surface area contributed by atoms with Crippen LogP contribution in [0.5, 0.6) is 0 Å². The van der Waals surface area contributed by atoms with Crippen LogP contribution in [0.3, 0.4) is 0 Å². The van der Waals surface area contributed by atoms with Crippen LogP contribution < -0.4 is 0 Å². The molecule has 0 saturated heterocycles. The van der Waals surface area contributed by atoms with Crippen LogP contribution in [-0.2, 0) is 25.6 Å². The quantitative estimate of drug-likeness (QED) is 0.576. The molecular formula is C18H16O6S. The summed E-state index contributed by atoms with van der Waals surface area (Å²) in [5, 5.41) is 16.6. The molecule has 0 aliphatic rings. The lowest BCUT2D eigenvalue weighted by molar-refractivity contribution is -0.148. The molecule has 0 fully saturated rings. The molecule has 0 aromatic heterocycles. The zero-order valence-corrected chi connectivity index (χ0v) is 13.9. The Bertz CT molecular complexity index is 728. The van der Waals surface area contributed by atoms with Crippen molar-refractivity contribution in [1.82, 2.24) is 0 Å². The standard InChI is InChI=1S/C9H8O3S.C9H8O3/c10-8(9(11)12)6-13-7-4-2-1-3-5-7;10-8(9(11)12)6-7-4-2-1-3-5-7/h1-5H,6H2,(H,11,12);1-5H,6H2,(H,11,12). The third kappa shape index (κ3) is 8.47. The van der Waals surface area contributed by atoms with Gasteiger partial charge in [0.05, 0.1) is 5.75 Å². The molecule has 2 rings (SSSR count). The zero-order chi connectivity index (χ0) is 18.7. The maximum absolute atomic E-state index is 10.7. The summed E-state index contributed by atoms with van der Waals surface area (Å²) in [4.78, 5) is 42.6. The van der Waals surface area contributed by atoms with Gasteiger partial charge in [0.1, 0.15) is 0 Å². The van der Waals surface area contributed by atoms with Crippen molar-refractivity contribution in [2.45, 2.75) is 11.3 Å². The van der Waals surface area contributed by atoms with E-state index in [1.807, 2.05) is 36.4 Å². The molecule has 130 valence electrons. The largest absolute Gasteiger partial charge is 0.475 e. The second-order valence-electron chi connectivity index (χ2n) is 4.72. The summed E-state index contributed by atoms with van der Waals surface area (Å²) in [6.45, 7) is 0. The fraction of sp³-hybridized carbons (Fsp3) is 0.111. The SMILES string of the molecule is O=C(O)C(=O)CSc1ccccc1.O=C(O)C(=O)Cc1ccccc1. The first kappa shape index (κ1) is 20.1. The van der Waals surface area contributed by atoms with E-state index in [4.69, 9.17) is 10.2 Å². The van der Waals surface area contributed by atoms with Crippen LogP contribution in [0.1, 0.15) is 5.56 Å². The first-order valence-electron chi connectivity index (χ1n) is 7.14. The fourth-order valence-electron chi connectivity index (χ4n) is 1.58. The van der Waals surface area contributed by atoms with E-state index in [0.29, 0.717) is 0 Å². The van der Waals surface area contributed by atoms with Gasteiger partial charge in [-0.1, -0.05) is 48.5 Å². The molecule has 0 aliphatic carbocycles. The third-order valence-electron chi connectivity index (χ3n) is 2.80. The lowest BCUT2D eigenvalue weighted by atomic mass is 10.1. The minimum atomic E-state index is -1.38. The summed E-state index contributed by atoms with van der Waals surface area (Å²) in [6, 6.07) is 18.0. The van der Waals surface area contributed by atoms with Gasteiger partial charge in [0.25, 0.3) is 0 Å². The summed E-state index contributed by atoms with van der Waals surface area (Å²) in [5.41, 5.74) is 0.727. The number of carboxylic acids is 2. The number of thioether (sulfide) groups is 1. The molecule has 0 unspecified atom stereocenters. The van der Waals surface area contributed by atoms with E-state index in [0.717, 1.165) is 10.5 Å². The molecule has 0 heterocycles. The van der Waals surface area contributed by atoms with Gasteiger partial charge in [-0.2, -0.15) is 0 Å². The number of benzene rings is 2. The van der Waals surface area contributed by atoms with Gasteiger partial charge >= 0.3 is 11.9 Å². The van der Waals surface area contributed by atoms with Gasteiger partial charge in [-0.15, -0.1) is 11.8 Å². The monoisotopic (exact) mass is 360 g/mol. The van der Waals surface area contributed by atoms with Crippen LogP contribution in [0.4, 0.5) is 0 Å². The highest BCUT2D eigenvalue weighted by Crippen LogP contribution is 2.16. The number of rotatable bonds is 7. The number of ketones is 2. The summed E-state index contributed by atoms with van der Waals surface area (Å²) >= 11 is 1.23. The van der Waals surface area contributed by atoms with E-state index in [9.17, 15) is 19.2 Å². The lowest BCUT2D eigenvalue weighted by Crippen LogP contribution is -2.14. The van der Waals surface area contributed by atoms with Crippen LogP contribution in [0.15, 0.2) is 65.6 Å². The smallest absolute Gasteiger partial charge is 0.373 e. The minimum absolute atomic E-state index is 0.0145. The van der Waals surface area contributed by atoms with Crippen LogP contribution in [0.25, 0.3) is 0 Å². The van der Waals surface area contributed by atoms with E-state index in [1.165, 1.54) is 11.8 Å². The van der Waals surface area contributed by atoms with Crippen molar-refractivity contribution in [1.29, 1.82) is 0 Å². The van der Waals surface area contributed by atoms with Crippen LogP contribution >= 0.6 is 11.8 Å². The molecular weight excluding hydrogens is 344 g/mol. The fourth-order valence-corrected chi connectivity index (χ4v) is 2.36. The molecule has 0 saturated carbocycles. The van der Waals surface area contributed by atoms with E-state index < -0.39 is 23.5 Å². The van der Waals surface area contributed by atoms with Crippen molar-refractivity contribution in [3.05, 3.63) is 66.2 Å². The first-order valence-corrected chi connectivity index (χ1v) is 8.12. The van der Waals surface area contributed by atoms with E-state index in [1.54, 1.807) is 24.3 Å². The Labute approximate surface area is 148 Å². The summed E-state index contributed by atoms with van der Waals surface area (Å²) in [6.07, 6.45) is -0.0316. The van der Waals surface area contributed by atoms with Gasteiger partial charge in [0.2, 0.25) is 11.6 Å². The average Bonchev–Trinajstić information content (AvgIpc) is 2.61.